The van der Waals surface area contributed by atoms with Crippen LogP contribution in [-0.2, 0) is 6.61 Å². The Morgan fingerprint density at radius 3 is 2.60 bits per heavy atom. The maximum absolute atomic E-state index is 13.9. The van der Waals surface area contributed by atoms with Crippen molar-refractivity contribution in [3.05, 3.63) is 63.9 Å². The van der Waals surface area contributed by atoms with Crippen LogP contribution < -0.4 is 4.90 Å². The standard InChI is InChI=1S/C16H17BrFNO/c1-11(14-5-3-4-6-15(14)18)19(2)16-9-13(17)8-7-12(16)10-20/h3-9,11,20H,10H2,1-2H3. The number of rotatable bonds is 4. The Kier molecular flexibility index (Phi) is 4.78. The molecule has 0 saturated heterocycles. The van der Waals surface area contributed by atoms with Crippen LogP contribution >= 0.6 is 15.9 Å². The Balaban J connectivity index is 2.38. The number of nitrogens with zero attached hydrogens (tertiary/aromatic N) is 1. The van der Waals surface area contributed by atoms with Crippen LogP contribution in [0.1, 0.15) is 24.1 Å². The summed E-state index contributed by atoms with van der Waals surface area (Å²) in [7, 11) is 1.90. The molecule has 0 bridgehead atoms. The first-order valence-electron chi connectivity index (χ1n) is 6.41. The summed E-state index contributed by atoms with van der Waals surface area (Å²) >= 11 is 3.43. The number of aliphatic hydroxyl groups excluding tert-OH is 1. The van der Waals surface area contributed by atoms with Crippen LogP contribution in [0.3, 0.4) is 0 Å². The minimum Gasteiger partial charge on any atom is -0.392 e. The Morgan fingerprint density at radius 2 is 1.95 bits per heavy atom. The van der Waals surface area contributed by atoms with E-state index in [4.69, 9.17) is 0 Å². The van der Waals surface area contributed by atoms with Crippen molar-refractivity contribution in [3.8, 4) is 0 Å². The van der Waals surface area contributed by atoms with E-state index in [1.165, 1.54) is 6.07 Å². The second kappa shape index (κ2) is 6.37. The highest BCUT2D eigenvalue weighted by molar-refractivity contribution is 9.10. The van der Waals surface area contributed by atoms with E-state index in [1.807, 2.05) is 43.1 Å². The second-order valence-electron chi connectivity index (χ2n) is 4.74. The third kappa shape index (κ3) is 3.02. The van der Waals surface area contributed by atoms with Gasteiger partial charge >= 0.3 is 0 Å². The lowest BCUT2D eigenvalue weighted by Crippen LogP contribution is -2.23. The summed E-state index contributed by atoms with van der Waals surface area (Å²) in [6.07, 6.45) is 0. The van der Waals surface area contributed by atoms with Crippen LogP contribution in [0.4, 0.5) is 10.1 Å². The SMILES string of the molecule is CC(c1ccccc1F)N(C)c1cc(Br)ccc1CO. The molecule has 0 heterocycles. The number of hydrogen-bond acceptors (Lipinski definition) is 2. The lowest BCUT2D eigenvalue weighted by Gasteiger charge is -2.29. The van der Waals surface area contributed by atoms with Crippen molar-refractivity contribution in [1.29, 1.82) is 0 Å². The second-order valence-corrected chi connectivity index (χ2v) is 5.66. The monoisotopic (exact) mass is 337 g/mol. The first-order chi connectivity index (χ1) is 9.54. The highest BCUT2D eigenvalue weighted by Gasteiger charge is 2.18. The van der Waals surface area contributed by atoms with Gasteiger partial charge in [-0.2, -0.15) is 0 Å². The highest BCUT2D eigenvalue weighted by Crippen LogP contribution is 2.31. The minimum absolute atomic E-state index is 0.0447. The van der Waals surface area contributed by atoms with Crippen LogP contribution in [0.5, 0.6) is 0 Å². The number of anilines is 1. The van der Waals surface area contributed by atoms with E-state index >= 15 is 0 Å². The molecule has 1 N–H and O–H groups in total. The molecule has 1 unspecified atom stereocenters. The molecule has 20 heavy (non-hydrogen) atoms. The van der Waals surface area contributed by atoms with Gasteiger partial charge in [-0.15, -0.1) is 0 Å². The van der Waals surface area contributed by atoms with Crippen molar-refractivity contribution in [2.24, 2.45) is 0 Å². The third-order valence-electron chi connectivity index (χ3n) is 3.53. The number of halogens is 2. The molecule has 0 fully saturated rings. The Morgan fingerprint density at radius 1 is 1.25 bits per heavy atom. The van der Waals surface area contributed by atoms with E-state index in [9.17, 15) is 9.50 Å². The first-order valence-corrected chi connectivity index (χ1v) is 7.20. The Bertz CT molecular complexity index is 603. The van der Waals surface area contributed by atoms with E-state index in [2.05, 4.69) is 15.9 Å². The Labute approximate surface area is 127 Å². The zero-order valence-corrected chi connectivity index (χ0v) is 13.1. The van der Waals surface area contributed by atoms with E-state index in [0.717, 1.165) is 15.7 Å². The average molecular weight is 338 g/mol. The van der Waals surface area contributed by atoms with Gasteiger partial charge in [0.25, 0.3) is 0 Å². The topological polar surface area (TPSA) is 23.5 Å². The molecule has 0 spiro atoms. The summed E-state index contributed by atoms with van der Waals surface area (Å²) in [5.41, 5.74) is 2.34. The molecule has 0 aliphatic heterocycles. The van der Waals surface area contributed by atoms with E-state index in [0.29, 0.717) is 5.56 Å². The fraction of sp³-hybridized carbons (Fsp3) is 0.250. The summed E-state index contributed by atoms with van der Waals surface area (Å²) in [6, 6.07) is 12.3. The van der Waals surface area contributed by atoms with Crippen molar-refractivity contribution in [2.45, 2.75) is 19.6 Å². The highest BCUT2D eigenvalue weighted by atomic mass is 79.9. The molecular weight excluding hydrogens is 321 g/mol. The number of aliphatic hydroxyl groups is 1. The summed E-state index contributed by atoms with van der Waals surface area (Å²) in [4.78, 5) is 1.97. The van der Waals surface area contributed by atoms with Gasteiger partial charge in [-0.05, 0) is 25.1 Å². The van der Waals surface area contributed by atoms with Crippen LogP contribution in [-0.4, -0.2) is 12.2 Å². The maximum atomic E-state index is 13.9. The Hall–Kier alpha value is -1.39. The van der Waals surface area contributed by atoms with Crippen molar-refractivity contribution in [1.82, 2.24) is 0 Å². The molecule has 2 rings (SSSR count). The first kappa shape index (κ1) is 15.0. The smallest absolute Gasteiger partial charge is 0.128 e. The zero-order valence-electron chi connectivity index (χ0n) is 11.5. The lowest BCUT2D eigenvalue weighted by atomic mass is 10.0. The molecule has 0 aliphatic carbocycles. The molecule has 0 aromatic heterocycles. The lowest BCUT2D eigenvalue weighted by molar-refractivity contribution is 0.282. The van der Waals surface area contributed by atoms with Gasteiger partial charge in [0.1, 0.15) is 5.82 Å². The van der Waals surface area contributed by atoms with Crippen LogP contribution in [0.2, 0.25) is 0 Å². The predicted octanol–water partition coefficient (Wildman–Crippen LogP) is 4.28. The van der Waals surface area contributed by atoms with Gasteiger partial charge < -0.3 is 10.0 Å². The van der Waals surface area contributed by atoms with Gasteiger partial charge in [0.05, 0.1) is 12.6 Å². The van der Waals surface area contributed by atoms with Crippen molar-refractivity contribution in [2.75, 3.05) is 11.9 Å². The summed E-state index contributed by atoms with van der Waals surface area (Å²) in [6.45, 7) is 1.90. The molecule has 0 amide bonds. The van der Waals surface area contributed by atoms with Crippen LogP contribution in [0.25, 0.3) is 0 Å². The van der Waals surface area contributed by atoms with E-state index < -0.39 is 0 Å². The predicted molar refractivity (Wildman–Crippen MR) is 83.3 cm³/mol. The average Bonchev–Trinajstić information content (AvgIpc) is 2.46. The summed E-state index contributed by atoms with van der Waals surface area (Å²) in [5, 5.41) is 9.45. The van der Waals surface area contributed by atoms with Gasteiger partial charge in [0.2, 0.25) is 0 Å². The molecule has 2 aromatic carbocycles. The number of benzene rings is 2. The fourth-order valence-electron chi connectivity index (χ4n) is 2.23. The van der Waals surface area contributed by atoms with Gasteiger partial charge in [-0.1, -0.05) is 40.2 Å². The minimum atomic E-state index is -0.215. The van der Waals surface area contributed by atoms with E-state index in [1.54, 1.807) is 12.1 Å². The van der Waals surface area contributed by atoms with Crippen molar-refractivity contribution in [3.63, 3.8) is 0 Å². The summed E-state index contributed by atoms with van der Waals surface area (Å²) in [5.74, 6) is -0.215. The zero-order chi connectivity index (χ0) is 14.7. The van der Waals surface area contributed by atoms with Gasteiger partial charge in [0, 0.05) is 28.3 Å². The molecule has 0 radical (unpaired) electrons. The maximum Gasteiger partial charge on any atom is 0.128 e. The molecular formula is C16H17BrFNO. The number of hydrogen-bond donors (Lipinski definition) is 1. The molecule has 0 saturated carbocycles. The molecule has 1 atom stereocenters. The van der Waals surface area contributed by atoms with Gasteiger partial charge in [-0.3, -0.25) is 0 Å². The molecule has 0 aliphatic rings. The summed E-state index contributed by atoms with van der Waals surface area (Å²) < 4.78 is 14.8. The molecule has 106 valence electrons. The van der Waals surface area contributed by atoms with Crippen molar-refractivity contribution < 1.29 is 9.50 Å². The van der Waals surface area contributed by atoms with Gasteiger partial charge in [-0.25, -0.2) is 4.39 Å². The normalized spacial score (nSPS) is 12.2. The molecule has 4 heteroatoms. The fourth-order valence-corrected chi connectivity index (χ4v) is 2.58. The largest absolute Gasteiger partial charge is 0.392 e. The quantitative estimate of drug-likeness (QED) is 0.900. The van der Waals surface area contributed by atoms with Crippen LogP contribution in [0, 0.1) is 5.82 Å². The van der Waals surface area contributed by atoms with Crippen molar-refractivity contribution >= 4 is 21.6 Å². The van der Waals surface area contributed by atoms with E-state index in [-0.39, 0.29) is 18.5 Å². The molecule has 2 aromatic rings. The van der Waals surface area contributed by atoms with Gasteiger partial charge in [0.15, 0.2) is 0 Å². The van der Waals surface area contributed by atoms with Crippen LogP contribution in [0.15, 0.2) is 46.9 Å². The third-order valence-corrected chi connectivity index (χ3v) is 4.03. The molecule has 2 nitrogen and oxygen atoms in total.